The van der Waals surface area contributed by atoms with Crippen molar-refractivity contribution in [3.8, 4) is 0 Å². The first-order chi connectivity index (χ1) is 5.43. The smallest absolute Gasteiger partial charge is 0.0700 e. The predicted octanol–water partition coefficient (Wildman–Crippen LogP) is 0.104. The van der Waals surface area contributed by atoms with E-state index in [1.165, 1.54) is 19.3 Å². The lowest BCUT2D eigenvalue weighted by Gasteiger charge is -2.14. The topological polar surface area (TPSA) is 47.3 Å². The zero-order valence-electron chi connectivity index (χ0n) is 7.01. The van der Waals surface area contributed by atoms with E-state index >= 15 is 0 Å². The summed E-state index contributed by atoms with van der Waals surface area (Å²) < 4.78 is 5.52. The fourth-order valence-corrected chi connectivity index (χ4v) is 1.36. The maximum atomic E-state index is 5.52. The molecule has 1 aliphatic heterocycles. The van der Waals surface area contributed by atoms with Crippen molar-refractivity contribution in [1.29, 1.82) is 0 Å². The first-order valence-corrected chi connectivity index (χ1v) is 4.46. The Morgan fingerprint density at radius 3 is 3.18 bits per heavy atom. The van der Waals surface area contributed by atoms with E-state index < -0.39 is 0 Å². The van der Waals surface area contributed by atoms with Gasteiger partial charge >= 0.3 is 0 Å². The Kier molecular flexibility index (Phi) is 4.50. The van der Waals surface area contributed by atoms with Crippen LogP contribution in [0.5, 0.6) is 0 Å². The number of hydrogen-bond donors (Lipinski definition) is 2. The summed E-state index contributed by atoms with van der Waals surface area (Å²) in [6.45, 7) is 3.48. The number of rotatable bonds is 3. The largest absolute Gasteiger partial charge is 0.376 e. The third-order valence-corrected chi connectivity index (χ3v) is 1.97. The Morgan fingerprint density at radius 2 is 2.36 bits per heavy atom. The molecule has 3 N–H and O–H groups in total. The standard InChI is InChI=1S/C8H18N2O/c9-4-6-11-8-3-1-2-5-10-7-8/h8,10H,1-7,9H2. The third kappa shape index (κ3) is 3.70. The molecule has 3 nitrogen and oxygen atoms in total. The SMILES string of the molecule is NCCOC1CCCCNC1. The molecule has 3 heteroatoms. The van der Waals surface area contributed by atoms with Gasteiger partial charge in [-0.05, 0) is 25.8 Å². The highest BCUT2D eigenvalue weighted by molar-refractivity contribution is 4.66. The molecular formula is C8H18N2O. The van der Waals surface area contributed by atoms with E-state index in [0.717, 1.165) is 13.1 Å². The van der Waals surface area contributed by atoms with Gasteiger partial charge in [-0.3, -0.25) is 0 Å². The lowest BCUT2D eigenvalue weighted by Crippen LogP contribution is -2.28. The van der Waals surface area contributed by atoms with E-state index in [-0.39, 0.29) is 0 Å². The summed E-state index contributed by atoms with van der Waals surface area (Å²) in [7, 11) is 0. The van der Waals surface area contributed by atoms with Gasteiger partial charge in [0.1, 0.15) is 0 Å². The van der Waals surface area contributed by atoms with Crippen LogP contribution < -0.4 is 11.1 Å². The molecule has 1 atom stereocenters. The fourth-order valence-electron chi connectivity index (χ4n) is 1.36. The van der Waals surface area contributed by atoms with Crippen molar-refractivity contribution in [2.45, 2.75) is 25.4 Å². The Bertz CT molecular complexity index is 90.1. The van der Waals surface area contributed by atoms with Crippen LogP contribution >= 0.6 is 0 Å². The minimum Gasteiger partial charge on any atom is -0.376 e. The van der Waals surface area contributed by atoms with Gasteiger partial charge < -0.3 is 15.8 Å². The van der Waals surface area contributed by atoms with Gasteiger partial charge in [0.05, 0.1) is 12.7 Å². The molecule has 0 saturated carbocycles. The van der Waals surface area contributed by atoms with Gasteiger partial charge in [0.2, 0.25) is 0 Å². The summed E-state index contributed by atoms with van der Waals surface area (Å²) in [6, 6.07) is 0. The van der Waals surface area contributed by atoms with Gasteiger partial charge in [-0.1, -0.05) is 0 Å². The Balaban J connectivity index is 2.09. The Labute approximate surface area is 68.3 Å². The molecule has 0 aromatic carbocycles. The minimum absolute atomic E-state index is 0.404. The van der Waals surface area contributed by atoms with Crippen molar-refractivity contribution in [1.82, 2.24) is 5.32 Å². The van der Waals surface area contributed by atoms with Crippen LogP contribution in [0.1, 0.15) is 19.3 Å². The molecule has 11 heavy (non-hydrogen) atoms. The summed E-state index contributed by atoms with van der Waals surface area (Å²) in [5, 5.41) is 3.34. The molecule has 0 radical (unpaired) electrons. The molecule has 1 saturated heterocycles. The van der Waals surface area contributed by atoms with Crippen molar-refractivity contribution >= 4 is 0 Å². The summed E-state index contributed by atoms with van der Waals surface area (Å²) in [5.41, 5.74) is 5.34. The molecule has 1 unspecified atom stereocenters. The Morgan fingerprint density at radius 1 is 1.45 bits per heavy atom. The van der Waals surface area contributed by atoms with Crippen LogP contribution in [0.3, 0.4) is 0 Å². The minimum atomic E-state index is 0.404. The van der Waals surface area contributed by atoms with E-state index in [9.17, 15) is 0 Å². The highest BCUT2D eigenvalue weighted by atomic mass is 16.5. The molecule has 1 rings (SSSR count). The molecule has 0 bridgehead atoms. The monoisotopic (exact) mass is 158 g/mol. The molecule has 0 aliphatic carbocycles. The molecular weight excluding hydrogens is 140 g/mol. The van der Waals surface area contributed by atoms with Gasteiger partial charge in [-0.15, -0.1) is 0 Å². The predicted molar refractivity (Wildman–Crippen MR) is 45.5 cm³/mol. The number of nitrogens with two attached hydrogens (primary N) is 1. The molecule has 1 heterocycles. The summed E-state index contributed by atoms with van der Waals surface area (Å²) in [4.78, 5) is 0. The van der Waals surface area contributed by atoms with Gasteiger partial charge in [0.25, 0.3) is 0 Å². The van der Waals surface area contributed by atoms with Gasteiger partial charge in [0.15, 0.2) is 0 Å². The molecule has 0 amide bonds. The zero-order valence-corrected chi connectivity index (χ0v) is 7.01. The second-order valence-corrected chi connectivity index (χ2v) is 2.98. The average molecular weight is 158 g/mol. The highest BCUT2D eigenvalue weighted by Gasteiger charge is 2.10. The van der Waals surface area contributed by atoms with E-state index in [4.69, 9.17) is 10.5 Å². The Hall–Kier alpha value is -0.120. The zero-order chi connectivity index (χ0) is 7.94. The molecule has 1 aliphatic rings. The summed E-state index contributed by atoms with van der Waals surface area (Å²) >= 11 is 0. The molecule has 66 valence electrons. The first-order valence-electron chi connectivity index (χ1n) is 4.46. The number of nitrogens with one attached hydrogen (secondary N) is 1. The first kappa shape index (κ1) is 8.97. The van der Waals surface area contributed by atoms with Crippen molar-refractivity contribution < 1.29 is 4.74 Å². The van der Waals surface area contributed by atoms with Crippen LogP contribution in [-0.4, -0.2) is 32.3 Å². The lowest BCUT2D eigenvalue weighted by atomic mass is 10.2. The van der Waals surface area contributed by atoms with Crippen LogP contribution in [-0.2, 0) is 4.74 Å². The van der Waals surface area contributed by atoms with Crippen LogP contribution in [0.2, 0.25) is 0 Å². The lowest BCUT2D eigenvalue weighted by molar-refractivity contribution is 0.0563. The van der Waals surface area contributed by atoms with Gasteiger partial charge in [-0.25, -0.2) is 0 Å². The molecule has 0 aromatic rings. The van der Waals surface area contributed by atoms with Crippen molar-refractivity contribution in [2.75, 3.05) is 26.2 Å². The van der Waals surface area contributed by atoms with Crippen LogP contribution in [0.15, 0.2) is 0 Å². The van der Waals surface area contributed by atoms with E-state index in [1.807, 2.05) is 0 Å². The van der Waals surface area contributed by atoms with Crippen LogP contribution in [0, 0.1) is 0 Å². The number of ether oxygens (including phenoxy) is 1. The fraction of sp³-hybridized carbons (Fsp3) is 1.00. The van der Waals surface area contributed by atoms with E-state index in [0.29, 0.717) is 19.3 Å². The van der Waals surface area contributed by atoms with Crippen molar-refractivity contribution in [3.63, 3.8) is 0 Å². The normalized spacial score (nSPS) is 26.5. The van der Waals surface area contributed by atoms with E-state index in [2.05, 4.69) is 5.32 Å². The molecule has 0 spiro atoms. The quantitative estimate of drug-likeness (QED) is 0.612. The van der Waals surface area contributed by atoms with Crippen LogP contribution in [0.25, 0.3) is 0 Å². The van der Waals surface area contributed by atoms with E-state index in [1.54, 1.807) is 0 Å². The number of hydrogen-bond acceptors (Lipinski definition) is 3. The van der Waals surface area contributed by atoms with Gasteiger partial charge in [-0.2, -0.15) is 0 Å². The maximum absolute atomic E-state index is 5.52. The van der Waals surface area contributed by atoms with Crippen LogP contribution in [0.4, 0.5) is 0 Å². The average Bonchev–Trinajstić information content (AvgIpc) is 2.28. The van der Waals surface area contributed by atoms with Crippen molar-refractivity contribution in [3.05, 3.63) is 0 Å². The second kappa shape index (κ2) is 5.52. The highest BCUT2D eigenvalue weighted by Crippen LogP contribution is 2.06. The molecule has 1 fully saturated rings. The maximum Gasteiger partial charge on any atom is 0.0700 e. The molecule has 0 aromatic heterocycles. The second-order valence-electron chi connectivity index (χ2n) is 2.98. The summed E-state index contributed by atoms with van der Waals surface area (Å²) in [6.07, 6.45) is 4.15. The summed E-state index contributed by atoms with van der Waals surface area (Å²) in [5.74, 6) is 0. The van der Waals surface area contributed by atoms with Crippen molar-refractivity contribution in [2.24, 2.45) is 5.73 Å². The third-order valence-electron chi connectivity index (χ3n) is 1.97. The van der Waals surface area contributed by atoms with Gasteiger partial charge in [0, 0.05) is 13.1 Å².